The minimum atomic E-state index is 0.602. The summed E-state index contributed by atoms with van der Waals surface area (Å²) in [6.45, 7) is 4.70. The van der Waals surface area contributed by atoms with Crippen molar-refractivity contribution in [2.24, 2.45) is 0 Å². The van der Waals surface area contributed by atoms with Crippen molar-refractivity contribution >= 4 is 15.9 Å². The molecule has 3 heteroatoms. The van der Waals surface area contributed by atoms with Crippen LogP contribution < -0.4 is 0 Å². The Hall–Kier alpha value is -0.410. The first-order chi connectivity index (χ1) is 7.31. The molecular weight excluding hydrogens is 252 g/mol. The van der Waals surface area contributed by atoms with Gasteiger partial charge in [0.15, 0.2) is 0 Å². The number of likely N-dealkylation sites (tertiary alicyclic amines) is 1. The molecule has 1 aliphatic heterocycles. The van der Waals surface area contributed by atoms with Crippen molar-refractivity contribution in [2.75, 3.05) is 13.1 Å². The highest BCUT2D eigenvalue weighted by molar-refractivity contribution is 9.10. The number of pyridine rings is 1. The number of halogens is 1. The summed E-state index contributed by atoms with van der Waals surface area (Å²) in [6, 6.07) is 4.83. The molecule has 0 unspecified atom stereocenters. The van der Waals surface area contributed by atoms with Gasteiger partial charge in [0.25, 0.3) is 0 Å². The molecule has 0 aliphatic carbocycles. The maximum atomic E-state index is 4.31. The van der Waals surface area contributed by atoms with E-state index in [-0.39, 0.29) is 0 Å². The molecule has 1 aromatic heterocycles. The molecule has 0 bridgehead atoms. The molecule has 15 heavy (non-hydrogen) atoms. The Balaban J connectivity index is 2.11. The lowest BCUT2D eigenvalue weighted by molar-refractivity contribution is 0.257. The third-order valence-corrected chi connectivity index (χ3v) is 3.48. The lowest BCUT2D eigenvalue weighted by atomic mass is 10.1. The summed E-state index contributed by atoms with van der Waals surface area (Å²) in [7, 11) is 0. The zero-order valence-corrected chi connectivity index (χ0v) is 10.7. The van der Waals surface area contributed by atoms with Gasteiger partial charge in [-0.05, 0) is 59.9 Å². The van der Waals surface area contributed by atoms with Crippen LogP contribution in [0.1, 0.15) is 37.8 Å². The van der Waals surface area contributed by atoms with Crippen LogP contribution >= 0.6 is 15.9 Å². The predicted octanol–water partition coefficient (Wildman–Crippen LogP) is 3.39. The third kappa shape index (κ3) is 2.58. The summed E-state index contributed by atoms with van der Waals surface area (Å²) in [6.07, 6.45) is 5.84. The predicted molar refractivity (Wildman–Crippen MR) is 65.8 cm³/mol. The second-order valence-corrected chi connectivity index (χ2v) is 4.92. The van der Waals surface area contributed by atoms with Crippen LogP contribution in [0.2, 0.25) is 0 Å². The Morgan fingerprint density at radius 1 is 1.53 bits per heavy atom. The summed E-state index contributed by atoms with van der Waals surface area (Å²) in [5.74, 6) is 0. The molecule has 0 spiro atoms. The van der Waals surface area contributed by atoms with Gasteiger partial charge < -0.3 is 0 Å². The highest BCUT2D eigenvalue weighted by Crippen LogP contribution is 2.31. The monoisotopic (exact) mass is 268 g/mol. The number of aromatic nitrogens is 1. The van der Waals surface area contributed by atoms with Crippen molar-refractivity contribution in [1.82, 2.24) is 9.88 Å². The van der Waals surface area contributed by atoms with Gasteiger partial charge >= 0.3 is 0 Å². The second kappa shape index (κ2) is 5.08. The van der Waals surface area contributed by atoms with Crippen LogP contribution in [0.4, 0.5) is 0 Å². The lowest BCUT2D eigenvalue weighted by Gasteiger charge is -2.23. The summed E-state index contributed by atoms with van der Waals surface area (Å²) in [5, 5.41) is 0. The molecule has 0 N–H and O–H groups in total. The fourth-order valence-electron chi connectivity index (χ4n) is 2.34. The lowest BCUT2D eigenvalue weighted by Crippen LogP contribution is -2.24. The van der Waals surface area contributed by atoms with Crippen LogP contribution in [0.15, 0.2) is 22.9 Å². The van der Waals surface area contributed by atoms with E-state index in [4.69, 9.17) is 0 Å². The molecule has 1 aromatic rings. The molecule has 1 aliphatic rings. The van der Waals surface area contributed by atoms with E-state index < -0.39 is 0 Å². The van der Waals surface area contributed by atoms with E-state index in [1.807, 2.05) is 12.3 Å². The van der Waals surface area contributed by atoms with Crippen molar-refractivity contribution in [3.05, 3.63) is 28.5 Å². The fraction of sp³-hybridized carbons (Fsp3) is 0.583. The molecule has 0 saturated carbocycles. The molecule has 1 fully saturated rings. The van der Waals surface area contributed by atoms with Crippen LogP contribution in [0, 0.1) is 0 Å². The first-order valence-electron chi connectivity index (χ1n) is 5.66. The van der Waals surface area contributed by atoms with Crippen LogP contribution in [0.3, 0.4) is 0 Å². The Morgan fingerprint density at radius 2 is 2.40 bits per heavy atom. The molecule has 1 atom stereocenters. The van der Waals surface area contributed by atoms with E-state index in [0.717, 1.165) is 4.60 Å². The smallest absolute Gasteiger partial charge is 0.106 e. The van der Waals surface area contributed by atoms with E-state index in [0.29, 0.717) is 6.04 Å². The van der Waals surface area contributed by atoms with Crippen LogP contribution in [0.5, 0.6) is 0 Å². The number of hydrogen-bond donors (Lipinski definition) is 0. The van der Waals surface area contributed by atoms with Crippen LogP contribution in [0.25, 0.3) is 0 Å². The SMILES string of the molecule is CCCN1CCC[C@H]1c1ccc(Br)nc1. The first kappa shape index (κ1) is 11.1. The minimum absolute atomic E-state index is 0.602. The molecule has 0 aromatic carbocycles. The van der Waals surface area contributed by atoms with E-state index in [2.05, 4.69) is 38.8 Å². The van der Waals surface area contributed by atoms with Gasteiger partial charge in [0.2, 0.25) is 0 Å². The zero-order valence-electron chi connectivity index (χ0n) is 9.12. The highest BCUT2D eigenvalue weighted by Gasteiger charge is 2.24. The van der Waals surface area contributed by atoms with Gasteiger partial charge in [-0.1, -0.05) is 13.0 Å². The average molecular weight is 269 g/mol. The summed E-state index contributed by atoms with van der Waals surface area (Å²) in [4.78, 5) is 6.88. The Bertz CT molecular complexity index is 310. The summed E-state index contributed by atoms with van der Waals surface area (Å²) < 4.78 is 0.922. The fourth-order valence-corrected chi connectivity index (χ4v) is 2.58. The molecule has 2 heterocycles. The molecule has 82 valence electrons. The highest BCUT2D eigenvalue weighted by atomic mass is 79.9. The summed E-state index contributed by atoms with van der Waals surface area (Å²) >= 11 is 3.38. The van der Waals surface area contributed by atoms with Crippen LogP contribution in [-0.2, 0) is 0 Å². The van der Waals surface area contributed by atoms with E-state index in [1.54, 1.807) is 0 Å². The molecule has 2 nitrogen and oxygen atoms in total. The standard InChI is InChI=1S/C12H17BrN2/c1-2-7-15-8-3-4-11(15)10-5-6-12(13)14-9-10/h5-6,9,11H,2-4,7-8H2,1H3/t11-/m0/s1. The van der Waals surface area contributed by atoms with Gasteiger partial charge in [0.1, 0.15) is 4.60 Å². The summed E-state index contributed by atoms with van der Waals surface area (Å²) in [5.41, 5.74) is 1.36. The van der Waals surface area contributed by atoms with E-state index >= 15 is 0 Å². The number of rotatable bonds is 3. The quantitative estimate of drug-likeness (QED) is 0.782. The Morgan fingerprint density at radius 3 is 3.07 bits per heavy atom. The second-order valence-electron chi connectivity index (χ2n) is 4.11. The van der Waals surface area contributed by atoms with Crippen molar-refractivity contribution in [2.45, 2.75) is 32.2 Å². The third-order valence-electron chi connectivity index (χ3n) is 3.01. The first-order valence-corrected chi connectivity index (χ1v) is 6.46. The van der Waals surface area contributed by atoms with Gasteiger partial charge in [-0.3, -0.25) is 4.90 Å². The van der Waals surface area contributed by atoms with Gasteiger partial charge in [-0.2, -0.15) is 0 Å². The van der Waals surface area contributed by atoms with Crippen molar-refractivity contribution in [1.29, 1.82) is 0 Å². The number of hydrogen-bond acceptors (Lipinski definition) is 2. The van der Waals surface area contributed by atoms with Crippen molar-refractivity contribution in [3.8, 4) is 0 Å². The Kier molecular flexibility index (Phi) is 3.76. The van der Waals surface area contributed by atoms with Gasteiger partial charge in [-0.25, -0.2) is 4.98 Å². The topological polar surface area (TPSA) is 16.1 Å². The molecular formula is C12H17BrN2. The molecule has 1 saturated heterocycles. The normalized spacial score (nSPS) is 22.1. The van der Waals surface area contributed by atoms with Crippen molar-refractivity contribution < 1.29 is 0 Å². The largest absolute Gasteiger partial charge is 0.296 e. The molecule has 0 radical (unpaired) electrons. The minimum Gasteiger partial charge on any atom is -0.296 e. The molecule has 2 rings (SSSR count). The number of nitrogens with zero attached hydrogens (tertiary/aromatic N) is 2. The van der Waals surface area contributed by atoms with Gasteiger partial charge in [0, 0.05) is 12.2 Å². The maximum Gasteiger partial charge on any atom is 0.106 e. The van der Waals surface area contributed by atoms with Gasteiger partial charge in [0.05, 0.1) is 0 Å². The van der Waals surface area contributed by atoms with Gasteiger partial charge in [-0.15, -0.1) is 0 Å². The Labute approximate surface area is 99.8 Å². The van der Waals surface area contributed by atoms with E-state index in [1.165, 1.54) is 37.9 Å². The molecule has 0 amide bonds. The van der Waals surface area contributed by atoms with Crippen LogP contribution in [-0.4, -0.2) is 23.0 Å². The van der Waals surface area contributed by atoms with Crippen molar-refractivity contribution in [3.63, 3.8) is 0 Å². The maximum absolute atomic E-state index is 4.31. The average Bonchev–Trinajstić information content (AvgIpc) is 2.68. The van der Waals surface area contributed by atoms with E-state index in [9.17, 15) is 0 Å². The zero-order chi connectivity index (χ0) is 10.7.